The quantitative estimate of drug-likeness (QED) is 0.824. The van der Waals surface area contributed by atoms with Crippen LogP contribution in [-0.2, 0) is 4.79 Å². The van der Waals surface area contributed by atoms with Gasteiger partial charge in [0.25, 0.3) is 0 Å². The molecule has 1 aromatic rings. The van der Waals surface area contributed by atoms with Gasteiger partial charge < -0.3 is 11.1 Å². The van der Waals surface area contributed by atoms with Crippen molar-refractivity contribution in [1.29, 1.82) is 0 Å². The lowest BCUT2D eigenvalue weighted by atomic mass is 10.2. The summed E-state index contributed by atoms with van der Waals surface area (Å²) < 4.78 is 0. The van der Waals surface area contributed by atoms with Crippen molar-refractivity contribution in [3.63, 3.8) is 0 Å². The van der Waals surface area contributed by atoms with Gasteiger partial charge in [0.05, 0.1) is 5.02 Å². The smallest absolute Gasteiger partial charge is 0.225 e. The number of nitrogens with zero attached hydrogens (tertiary/aromatic N) is 1. The molecule has 1 unspecified atom stereocenters. The van der Waals surface area contributed by atoms with E-state index >= 15 is 0 Å². The van der Waals surface area contributed by atoms with E-state index in [0.717, 1.165) is 0 Å². The van der Waals surface area contributed by atoms with Crippen molar-refractivity contribution < 1.29 is 4.79 Å². The minimum Gasteiger partial charge on any atom is -0.328 e. The Hall–Kier alpha value is -1.13. The Labute approximate surface area is 93.8 Å². The van der Waals surface area contributed by atoms with Gasteiger partial charge in [0, 0.05) is 18.7 Å². The van der Waals surface area contributed by atoms with Crippen LogP contribution in [0.15, 0.2) is 18.3 Å². The topological polar surface area (TPSA) is 68.0 Å². The lowest BCUT2D eigenvalue weighted by Crippen LogP contribution is -2.19. The highest BCUT2D eigenvalue weighted by atomic mass is 35.5. The fraction of sp³-hybridized carbons (Fsp3) is 0.400. The summed E-state index contributed by atoms with van der Waals surface area (Å²) in [5.41, 5.74) is 5.54. The molecule has 1 atom stereocenters. The highest BCUT2D eigenvalue weighted by molar-refractivity contribution is 6.30. The Morgan fingerprint density at radius 1 is 1.67 bits per heavy atom. The number of amides is 1. The largest absolute Gasteiger partial charge is 0.328 e. The van der Waals surface area contributed by atoms with E-state index in [-0.39, 0.29) is 11.9 Å². The summed E-state index contributed by atoms with van der Waals surface area (Å²) in [6.07, 6.45) is 2.56. The fourth-order valence-electron chi connectivity index (χ4n) is 1.01. The van der Waals surface area contributed by atoms with Crippen molar-refractivity contribution >= 4 is 23.3 Å². The number of nitrogens with one attached hydrogen (secondary N) is 1. The molecule has 0 aliphatic carbocycles. The molecule has 0 aromatic carbocycles. The predicted octanol–water partition coefficient (Wildman–Crippen LogP) is 1.80. The average Bonchev–Trinajstić information content (AvgIpc) is 2.19. The summed E-state index contributed by atoms with van der Waals surface area (Å²) in [6, 6.07) is 3.37. The van der Waals surface area contributed by atoms with Crippen molar-refractivity contribution in [2.45, 2.75) is 25.8 Å². The van der Waals surface area contributed by atoms with Crippen LogP contribution in [-0.4, -0.2) is 16.9 Å². The highest BCUT2D eigenvalue weighted by Crippen LogP contribution is 2.09. The first-order valence-corrected chi connectivity index (χ1v) is 5.12. The van der Waals surface area contributed by atoms with Gasteiger partial charge in [-0.05, 0) is 25.5 Å². The maximum atomic E-state index is 11.4. The molecule has 5 heteroatoms. The Morgan fingerprint density at radius 2 is 2.40 bits per heavy atom. The van der Waals surface area contributed by atoms with E-state index < -0.39 is 0 Å². The van der Waals surface area contributed by atoms with Gasteiger partial charge in [-0.25, -0.2) is 4.98 Å². The molecule has 1 aromatic heterocycles. The number of hydrogen-bond acceptors (Lipinski definition) is 3. The molecule has 0 spiro atoms. The number of pyridine rings is 1. The second-order valence-corrected chi connectivity index (χ2v) is 3.86. The van der Waals surface area contributed by atoms with Crippen LogP contribution in [0.5, 0.6) is 0 Å². The van der Waals surface area contributed by atoms with Crippen molar-refractivity contribution in [3.05, 3.63) is 23.4 Å². The molecule has 3 N–H and O–H groups in total. The van der Waals surface area contributed by atoms with Crippen molar-refractivity contribution in [1.82, 2.24) is 4.98 Å². The third-order valence-corrected chi connectivity index (χ3v) is 2.05. The van der Waals surface area contributed by atoms with Crippen LogP contribution < -0.4 is 11.1 Å². The minimum absolute atomic E-state index is 0.0360. The molecule has 0 bridgehead atoms. The second kappa shape index (κ2) is 5.68. The second-order valence-electron chi connectivity index (χ2n) is 3.43. The van der Waals surface area contributed by atoms with E-state index in [1.165, 1.54) is 6.20 Å². The summed E-state index contributed by atoms with van der Waals surface area (Å²) in [7, 11) is 0. The molecule has 0 aliphatic heterocycles. The summed E-state index contributed by atoms with van der Waals surface area (Å²) in [6.45, 7) is 1.87. The SMILES string of the molecule is CC(N)CCC(=O)Nc1ccc(Cl)cn1. The van der Waals surface area contributed by atoms with Crippen LogP contribution >= 0.6 is 11.6 Å². The number of aromatic nitrogens is 1. The number of anilines is 1. The summed E-state index contributed by atoms with van der Waals surface area (Å²) >= 11 is 5.66. The molecular formula is C10H14ClN3O. The van der Waals surface area contributed by atoms with E-state index in [1.807, 2.05) is 6.92 Å². The number of nitrogens with two attached hydrogens (primary N) is 1. The van der Waals surface area contributed by atoms with Gasteiger partial charge in [-0.15, -0.1) is 0 Å². The van der Waals surface area contributed by atoms with Gasteiger partial charge in [-0.2, -0.15) is 0 Å². The number of halogens is 1. The van der Waals surface area contributed by atoms with Crippen LogP contribution in [0.2, 0.25) is 5.02 Å². The molecule has 1 heterocycles. The van der Waals surface area contributed by atoms with Crippen LogP contribution in [0.25, 0.3) is 0 Å². The zero-order chi connectivity index (χ0) is 11.3. The summed E-state index contributed by atoms with van der Waals surface area (Å²) in [5.74, 6) is 0.427. The standard InChI is InChI=1S/C10H14ClN3O/c1-7(12)2-5-10(15)14-9-4-3-8(11)6-13-9/h3-4,6-7H,2,5,12H2,1H3,(H,13,14,15). The van der Waals surface area contributed by atoms with Gasteiger partial charge in [0.15, 0.2) is 0 Å². The monoisotopic (exact) mass is 227 g/mol. The third kappa shape index (κ3) is 4.76. The molecule has 4 nitrogen and oxygen atoms in total. The molecule has 1 amide bonds. The number of carbonyl (C=O) groups is 1. The molecule has 82 valence electrons. The van der Waals surface area contributed by atoms with Gasteiger partial charge >= 0.3 is 0 Å². The van der Waals surface area contributed by atoms with Gasteiger partial charge in [-0.1, -0.05) is 11.6 Å². The van der Waals surface area contributed by atoms with Crippen molar-refractivity contribution in [2.24, 2.45) is 5.73 Å². The Bertz CT molecular complexity index is 324. The van der Waals surface area contributed by atoms with E-state index in [1.54, 1.807) is 12.1 Å². The zero-order valence-electron chi connectivity index (χ0n) is 8.53. The molecule has 0 aliphatic rings. The maximum Gasteiger partial charge on any atom is 0.225 e. The first-order chi connectivity index (χ1) is 7.08. The van der Waals surface area contributed by atoms with Crippen LogP contribution in [0, 0.1) is 0 Å². The van der Waals surface area contributed by atoms with Crippen LogP contribution in [0.3, 0.4) is 0 Å². The van der Waals surface area contributed by atoms with E-state index in [9.17, 15) is 4.79 Å². The summed E-state index contributed by atoms with van der Waals surface area (Å²) in [5, 5.41) is 3.21. The molecule has 0 saturated heterocycles. The van der Waals surface area contributed by atoms with Gasteiger partial charge in [0.1, 0.15) is 5.82 Å². The fourth-order valence-corrected chi connectivity index (χ4v) is 1.13. The van der Waals surface area contributed by atoms with Crippen molar-refractivity contribution in [3.8, 4) is 0 Å². The molecule has 1 rings (SSSR count). The lowest BCUT2D eigenvalue weighted by molar-refractivity contribution is -0.116. The normalized spacial score (nSPS) is 12.2. The molecule has 0 fully saturated rings. The van der Waals surface area contributed by atoms with E-state index in [0.29, 0.717) is 23.7 Å². The average molecular weight is 228 g/mol. The Kier molecular flexibility index (Phi) is 4.52. The lowest BCUT2D eigenvalue weighted by Gasteiger charge is -2.05. The van der Waals surface area contributed by atoms with E-state index in [4.69, 9.17) is 17.3 Å². The number of carbonyl (C=O) groups excluding carboxylic acids is 1. The maximum absolute atomic E-state index is 11.4. The highest BCUT2D eigenvalue weighted by Gasteiger charge is 2.04. The minimum atomic E-state index is -0.0814. The van der Waals surface area contributed by atoms with Gasteiger partial charge in [0.2, 0.25) is 5.91 Å². The number of rotatable bonds is 4. The van der Waals surface area contributed by atoms with Gasteiger partial charge in [-0.3, -0.25) is 4.79 Å². The Balaban J connectivity index is 2.41. The molecule has 0 radical (unpaired) electrons. The number of hydrogen-bond donors (Lipinski definition) is 2. The first kappa shape index (κ1) is 11.9. The van der Waals surface area contributed by atoms with E-state index in [2.05, 4.69) is 10.3 Å². The van der Waals surface area contributed by atoms with Crippen molar-refractivity contribution in [2.75, 3.05) is 5.32 Å². The summed E-state index contributed by atoms with van der Waals surface area (Å²) in [4.78, 5) is 15.3. The predicted molar refractivity (Wildman–Crippen MR) is 60.8 cm³/mol. The molecular weight excluding hydrogens is 214 g/mol. The zero-order valence-corrected chi connectivity index (χ0v) is 9.29. The van der Waals surface area contributed by atoms with Crippen LogP contribution in [0.1, 0.15) is 19.8 Å². The van der Waals surface area contributed by atoms with Crippen LogP contribution in [0.4, 0.5) is 5.82 Å². The third-order valence-electron chi connectivity index (χ3n) is 1.82. The Morgan fingerprint density at radius 3 is 2.93 bits per heavy atom. The first-order valence-electron chi connectivity index (χ1n) is 4.75. The molecule has 15 heavy (non-hydrogen) atoms. The molecule has 0 saturated carbocycles.